The number of hydrogen-bond donors (Lipinski definition) is 1. The summed E-state index contributed by atoms with van der Waals surface area (Å²) in [6, 6.07) is 25.6. The van der Waals surface area contributed by atoms with E-state index >= 15 is 0 Å². The topological polar surface area (TPSA) is 126 Å². The third kappa shape index (κ3) is 5.06. The summed E-state index contributed by atoms with van der Waals surface area (Å²) in [5.74, 6) is 0.677. The lowest BCUT2D eigenvalue weighted by Gasteiger charge is -2.36. The van der Waals surface area contributed by atoms with Crippen LogP contribution in [0.3, 0.4) is 0 Å². The summed E-state index contributed by atoms with van der Waals surface area (Å²) in [4.78, 5) is 38.3. The maximum absolute atomic E-state index is 12.5. The van der Waals surface area contributed by atoms with Crippen molar-refractivity contribution >= 4 is 0 Å². The zero-order chi connectivity index (χ0) is 28.3. The second-order valence-electron chi connectivity index (χ2n) is 9.65. The summed E-state index contributed by atoms with van der Waals surface area (Å²) in [5.41, 5.74) is 0.406. The van der Waals surface area contributed by atoms with Gasteiger partial charge in [0.25, 0.3) is 5.56 Å². The molecule has 0 amide bonds. The number of aromatic amines is 1. The van der Waals surface area contributed by atoms with E-state index in [1.807, 2.05) is 84.9 Å². The largest absolute Gasteiger partial charge is 0.497 e. The van der Waals surface area contributed by atoms with E-state index in [2.05, 4.69) is 4.98 Å². The molecule has 0 aliphatic carbocycles. The molecule has 206 valence electrons. The van der Waals surface area contributed by atoms with E-state index in [0.717, 1.165) is 16.7 Å². The standard InChI is InChI=1S/C30H29N3O7/c1-20-18-32(29(35)31-28(20)34)27-17-25(33(36)37)26(40-27)19-39-30(21-9-5-3-6-10-21,22-11-7-4-8-12-22)23-13-15-24(38-2)16-14-23/h3-16,18,25-27H,17,19H2,1-2H3,(H,31,34,35)/t25-,26-,27-/m1/s1. The minimum atomic E-state index is -1.14. The SMILES string of the molecule is COc1ccc(C(OC[C@H]2O[C@@H](n3cc(C)c(=O)[nH]c3=O)C[C@H]2[N+](=O)[O-])(c2ccccc2)c2ccccc2)cc1. The quantitative estimate of drug-likeness (QED) is 0.193. The number of aryl methyl sites for hydroxylation is 1. The Morgan fingerprint density at radius 1 is 0.975 bits per heavy atom. The second-order valence-corrected chi connectivity index (χ2v) is 9.65. The molecule has 1 aliphatic rings. The highest BCUT2D eigenvalue weighted by Gasteiger charge is 2.47. The summed E-state index contributed by atoms with van der Waals surface area (Å²) >= 11 is 0. The lowest BCUT2D eigenvalue weighted by atomic mass is 9.80. The first-order valence-electron chi connectivity index (χ1n) is 12.8. The molecule has 0 spiro atoms. The van der Waals surface area contributed by atoms with Crippen molar-refractivity contribution < 1.29 is 19.1 Å². The predicted molar refractivity (Wildman–Crippen MR) is 147 cm³/mol. The molecule has 3 atom stereocenters. The van der Waals surface area contributed by atoms with Gasteiger partial charge >= 0.3 is 5.69 Å². The van der Waals surface area contributed by atoms with Crippen LogP contribution in [0, 0.1) is 17.0 Å². The maximum atomic E-state index is 12.5. The molecular weight excluding hydrogens is 514 g/mol. The van der Waals surface area contributed by atoms with Gasteiger partial charge in [0.2, 0.25) is 6.04 Å². The van der Waals surface area contributed by atoms with Crippen LogP contribution in [0.2, 0.25) is 0 Å². The third-order valence-electron chi connectivity index (χ3n) is 7.25. The average molecular weight is 544 g/mol. The van der Waals surface area contributed by atoms with Crippen LogP contribution < -0.4 is 16.0 Å². The van der Waals surface area contributed by atoms with Crippen molar-refractivity contribution in [3.05, 3.63) is 144 Å². The number of ether oxygens (including phenoxy) is 3. The lowest BCUT2D eigenvalue weighted by Crippen LogP contribution is -2.40. The first-order chi connectivity index (χ1) is 19.3. The molecule has 0 saturated carbocycles. The van der Waals surface area contributed by atoms with Gasteiger partial charge in [-0.2, -0.15) is 0 Å². The average Bonchev–Trinajstić information content (AvgIpc) is 3.41. The number of H-pyrrole nitrogens is 1. The van der Waals surface area contributed by atoms with Crippen LogP contribution in [0.5, 0.6) is 5.75 Å². The summed E-state index contributed by atoms with van der Waals surface area (Å²) in [5, 5.41) is 12.1. The number of nitrogens with one attached hydrogen (secondary N) is 1. The Balaban J connectivity index is 1.56. The van der Waals surface area contributed by atoms with Gasteiger partial charge in [-0.15, -0.1) is 0 Å². The van der Waals surface area contributed by atoms with Gasteiger partial charge in [-0.3, -0.25) is 24.5 Å². The van der Waals surface area contributed by atoms with Gasteiger partial charge in [0.1, 0.15) is 17.6 Å². The molecule has 1 aliphatic heterocycles. The Labute approximate surface area is 229 Å². The van der Waals surface area contributed by atoms with Crippen LogP contribution in [0.15, 0.2) is 101 Å². The van der Waals surface area contributed by atoms with Crippen LogP contribution in [0.4, 0.5) is 0 Å². The first-order valence-corrected chi connectivity index (χ1v) is 12.8. The van der Waals surface area contributed by atoms with Crippen molar-refractivity contribution in [2.75, 3.05) is 13.7 Å². The fraction of sp³-hybridized carbons (Fsp3) is 0.267. The van der Waals surface area contributed by atoms with Gasteiger partial charge in [0.15, 0.2) is 6.10 Å². The minimum Gasteiger partial charge on any atom is -0.497 e. The molecule has 0 radical (unpaired) electrons. The zero-order valence-corrected chi connectivity index (χ0v) is 22.1. The second kappa shape index (κ2) is 11.3. The summed E-state index contributed by atoms with van der Waals surface area (Å²) in [6.07, 6.45) is -0.597. The van der Waals surface area contributed by atoms with Crippen molar-refractivity contribution in [2.45, 2.75) is 37.3 Å². The number of rotatable bonds is 9. The summed E-state index contributed by atoms with van der Waals surface area (Å²) in [6.45, 7) is 1.41. The smallest absolute Gasteiger partial charge is 0.330 e. The molecule has 40 heavy (non-hydrogen) atoms. The van der Waals surface area contributed by atoms with E-state index in [-0.39, 0.29) is 13.0 Å². The third-order valence-corrected chi connectivity index (χ3v) is 7.25. The fourth-order valence-electron chi connectivity index (χ4n) is 5.19. The number of benzene rings is 3. The van der Waals surface area contributed by atoms with E-state index in [9.17, 15) is 19.7 Å². The zero-order valence-electron chi connectivity index (χ0n) is 22.1. The highest BCUT2D eigenvalue weighted by Crippen LogP contribution is 2.42. The number of nitrogens with zero attached hydrogens (tertiary/aromatic N) is 2. The number of hydrogen-bond acceptors (Lipinski definition) is 7. The molecule has 0 unspecified atom stereocenters. The molecule has 3 aromatic carbocycles. The highest BCUT2D eigenvalue weighted by atomic mass is 16.6. The maximum Gasteiger partial charge on any atom is 0.330 e. The molecular formula is C30H29N3O7. The van der Waals surface area contributed by atoms with E-state index in [0.29, 0.717) is 11.3 Å². The van der Waals surface area contributed by atoms with Gasteiger partial charge in [0.05, 0.1) is 20.1 Å². The number of nitro groups is 1. The van der Waals surface area contributed by atoms with Crippen molar-refractivity contribution in [1.29, 1.82) is 0 Å². The monoisotopic (exact) mass is 543 g/mol. The molecule has 1 N–H and O–H groups in total. The van der Waals surface area contributed by atoms with Crippen molar-refractivity contribution in [3.63, 3.8) is 0 Å². The molecule has 1 saturated heterocycles. The molecule has 1 aromatic heterocycles. The van der Waals surface area contributed by atoms with Crippen molar-refractivity contribution in [3.8, 4) is 5.75 Å². The summed E-state index contributed by atoms with van der Waals surface area (Å²) < 4.78 is 19.4. The first kappa shape index (κ1) is 27.0. The molecule has 10 heteroatoms. The number of aromatic nitrogens is 2. The van der Waals surface area contributed by atoms with Crippen molar-refractivity contribution in [1.82, 2.24) is 9.55 Å². The van der Waals surface area contributed by atoms with Crippen LogP contribution in [0.25, 0.3) is 0 Å². The minimum absolute atomic E-state index is 0.0569. The molecule has 1 fully saturated rings. The predicted octanol–water partition coefficient (Wildman–Crippen LogP) is 3.80. The highest BCUT2D eigenvalue weighted by molar-refractivity contribution is 5.48. The molecule has 10 nitrogen and oxygen atoms in total. The Hall–Kier alpha value is -4.54. The van der Waals surface area contributed by atoms with Gasteiger partial charge in [-0.05, 0) is 35.7 Å². The van der Waals surface area contributed by atoms with Crippen LogP contribution >= 0.6 is 0 Å². The van der Waals surface area contributed by atoms with Crippen LogP contribution in [-0.4, -0.2) is 40.3 Å². The van der Waals surface area contributed by atoms with Crippen molar-refractivity contribution in [2.24, 2.45) is 0 Å². The molecule has 0 bridgehead atoms. The molecule has 4 aromatic rings. The Morgan fingerprint density at radius 2 is 1.55 bits per heavy atom. The Morgan fingerprint density at radius 3 is 2.10 bits per heavy atom. The van der Waals surface area contributed by atoms with E-state index < -0.39 is 40.1 Å². The Kier molecular flexibility index (Phi) is 7.63. The number of methoxy groups -OCH3 is 1. The van der Waals surface area contributed by atoms with Gasteiger partial charge < -0.3 is 14.2 Å². The Bertz CT molecular complexity index is 1540. The van der Waals surface area contributed by atoms with E-state index in [1.54, 1.807) is 14.0 Å². The van der Waals surface area contributed by atoms with E-state index in [4.69, 9.17) is 14.2 Å². The normalized spacial score (nSPS) is 18.9. The summed E-state index contributed by atoms with van der Waals surface area (Å²) in [7, 11) is 1.59. The molecule has 2 heterocycles. The van der Waals surface area contributed by atoms with Gasteiger partial charge in [-0.25, -0.2) is 4.79 Å². The fourth-order valence-corrected chi connectivity index (χ4v) is 5.19. The van der Waals surface area contributed by atoms with Gasteiger partial charge in [-0.1, -0.05) is 72.8 Å². The molecule has 5 rings (SSSR count). The lowest BCUT2D eigenvalue weighted by molar-refractivity contribution is -0.528. The van der Waals surface area contributed by atoms with E-state index in [1.165, 1.54) is 10.8 Å². The van der Waals surface area contributed by atoms with Crippen LogP contribution in [0.1, 0.15) is 34.9 Å². The van der Waals surface area contributed by atoms with Crippen LogP contribution in [-0.2, 0) is 15.1 Å². The van der Waals surface area contributed by atoms with Gasteiger partial charge in [0, 0.05) is 16.7 Å².